The van der Waals surface area contributed by atoms with Gasteiger partial charge in [0.15, 0.2) is 5.82 Å². The first-order valence-electron chi connectivity index (χ1n) is 8.91. The zero-order valence-corrected chi connectivity index (χ0v) is 16.4. The van der Waals surface area contributed by atoms with Crippen LogP contribution in [0.15, 0.2) is 23.2 Å². The molecule has 12 heteroatoms. The largest absolute Gasteiger partial charge is 0.447 e. The molecule has 0 saturated carbocycles. The number of anilines is 2. The Kier molecular flexibility index (Phi) is 8.92. The van der Waals surface area contributed by atoms with Crippen LogP contribution in [0, 0.1) is 0 Å². The van der Waals surface area contributed by atoms with Crippen LogP contribution < -0.4 is 15.8 Å². The number of ether oxygens (including phenoxy) is 4. The van der Waals surface area contributed by atoms with Crippen LogP contribution in [0.3, 0.4) is 0 Å². The van der Waals surface area contributed by atoms with Gasteiger partial charge in [-0.2, -0.15) is 4.98 Å². The fourth-order valence-electron chi connectivity index (χ4n) is 2.33. The summed E-state index contributed by atoms with van der Waals surface area (Å²) in [4.78, 5) is 33.6. The number of rotatable bonds is 8. The maximum atomic E-state index is 11.9. The summed E-state index contributed by atoms with van der Waals surface area (Å²) in [5, 5.41) is 12.7. The third kappa shape index (κ3) is 7.08. The molecule has 0 aromatic carbocycles. The Morgan fingerprint density at radius 1 is 1.17 bits per heavy atom. The number of carbonyl (C=O) groups is 2. The summed E-state index contributed by atoms with van der Waals surface area (Å²) >= 11 is 0. The number of amides is 2. The van der Waals surface area contributed by atoms with Crippen molar-refractivity contribution in [3.8, 4) is 0 Å². The van der Waals surface area contributed by atoms with Crippen molar-refractivity contribution in [1.29, 1.82) is 0 Å². The standard InChI is InChI=1S/C17H25N5O7/c1-26-8-10-28-16(23)19-14-12-13(21-6-4-3-5-7-21)18-15(22(14)25)20-17(24)29-11-9-27-2/h3-4,12,25H,5-11H2,1-2H3,(H,19,23)/b20-15+. The van der Waals surface area contributed by atoms with E-state index in [0.717, 1.165) is 6.42 Å². The van der Waals surface area contributed by atoms with Crippen LogP contribution in [-0.4, -0.2) is 80.8 Å². The van der Waals surface area contributed by atoms with Gasteiger partial charge in [0.1, 0.15) is 19.0 Å². The van der Waals surface area contributed by atoms with E-state index < -0.39 is 12.2 Å². The van der Waals surface area contributed by atoms with Crippen molar-refractivity contribution in [2.24, 2.45) is 4.99 Å². The van der Waals surface area contributed by atoms with Gasteiger partial charge in [0.05, 0.1) is 13.2 Å². The zero-order valence-electron chi connectivity index (χ0n) is 16.4. The lowest BCUT2D eigenvalue weighted by atomic mass is 10.2. The molecule has 0 spiro atoms. The summed E-state index contributed by atoms with van der Waals surface area (Å²) in [5.41, 5.74) is -0.355. The van der Waals surface area contributed by atoms with Gasteiger partial charge in [-0.05, 0) is 6.42 Å². The third-order valence-corrected chi connectivity index (χ3v) is 3.74. The molecule has 2 heterocycles. The van der Waals surface area contributed by atoms with E-state index in [9.17, 15) is 14.8 Å². The molecular formula is C17H25N5O7. The quantitative estimate of drug-likeness (QED) is 0.361. The molecule has 2 amide bonds. The summed E-state index contributed by atoms with van der Waals surface area (Å²) in [6.07, 6.45) is 3.04. The fraction of sp³-hybridized carbons (Fsp3) is 0.529. The Hall–Kier alpha value is -3.12. The van der Waals surface area contributed by atoms with Gasteiger partial charge in [0, 0.05) is 33.4 Å². The minimum Gasteiger partial charge on any atom is -0.447 e. The monoisotopic (exact) mass is 411 g/mol. The molecule has 2 N–H and O–H groups in total. The second-order valence-electron chi connectivity index (χ2n) is 5.79. The highest BCUT2D eigenvalue weighted by molar-refractivity contribution is 5.83. The number of carbonyl (C=O) groups excluding carboxylic acids is 2. The Morgan fingerprint density at radius 3 is 2.55 bits per heavy atom. The molecule has 1 aromatic heterocycles. The van der Waals surface area contributed by atoms with Gasteiger partial charge in [-0.25, -0.2) is 9.59 Å². The molecule has 0 atom stereocenters. The van der Waals surface area contributed by atoms with E-state index in [4.69, 9.17) is 18.9 Å². The number of nitrogens with one attached hydrogen (secondary N) is 1. The Morgan fingerprint density at radius 2 is 1.90 bits per heavy atom. The molecule has 160 valence electrons. The molecule has 29 heavy (non-hydrogen) atoms. The van der Waals surface area contributed by atoms with Crippen LogP contribution in [0.4, 0.5) is 21.2 Å². The Bertz CT molecular complexity index is 793. The van der Waals surface area contributed by atoms with E-state index >= 15 is 0 Å². The van der Waals surface area contributed by atoms with E-state index in [-0.39, 0.29) is 37.9 Å². The van der Waals surface area contributed by atoms with Crippen LogP contribution in [0.5, 0.6) is 0 Å². The highest BCUT2D eigenvalue weighted by atomic mass is 16.6. The molecule has 1 aliphatic rings. The first kappa shape index (κ1) is 22.2. The second kappa shape index (κ2) is 11.7. The number of hydrogen-bond acceptors (Lipinski definition) is 9. The average molecular weight is 411 g/mol. The summed E-state index contributed by atoms with van der Waals surface area (Å²) in [6.45, 7) is 1.71. The third-order valence-electron chi connectivity index (χ3n) is 3.74. The highest BCUT2D eigenvalue weighted by Gasteiger charge is 2.16. The van der Waals surface area contributed by atoms with Crippen LogP contribution >= 0.6 is 0 Å². The van der Waals surface area contributed by atoms with Gasteiger partial charge in [0.25, 0.3) is 5.62 Å². The number of methoxy groups -OCH3 is 2. The lowest BCUT2D eigenvalue weighted by Gasteiger charge is -2.25. The lowest BCUT2D eigenvalue weighted by Crippen LogP contribution is -2.34. The van der Waals surface area contributed by atoms with Crippen LogP contribution in [0.25, 0.3) is 0 Å². The average Bonchev–Trinajstić information content (AvgIpc) is 2.72. The molecule has 0 unspecified atom stereocenters. The van der Waals surface area contributed by atoms with Crippen molar-refractivity contribution in [3.05, 3.63) is 23.8 Å². The summed E-state index contributed by atoms with van der Waals surface area (Å²) in [7, 11) is 2.94. The van der Waals surface area contributed by atoms with Crippen molar-refractivity contribution >= 4 is 23.8 Å². The second-order valence-corrected chi connectivity index (χ2v) is 5.79. The van der Waals surface area contributed by atoms with E-state index in [1.807, 2.05) is 17.1 Å². The molecule has 1 aromatic rings. The van der Waals surface area contributed by atoms with E-state index in [1.165, 1.54) is 20.3 Å². The van der Waals surface area contributed by atoms with E-state index in [0.29, 0.717) is 23.6 Å². The number of aromatic nitrogens is 2. The van der Waals surface area contributed by atoms with Crippen LogP contribution in [0.1, 0.15) is 6.42 Å². The predicted octanol–water partition coefficient (Wildman–Crippen LogP) is 0.765. The van der Waals surface area contributed by atoms with Crippen molar-refractivity contribution in [1.82, 2.24) is 9.71 Å². The topological polar surface area (TPSA) is 137 Å². The van der Waals surface area contributed by atoms with Crippen molar-refractivity contribution in [3.63, 3.8) is 0 Å². The van der Waals surface area contributed by atoms with Crippen molar-refractivity contribution in [2.75, 3.05) is 64.0 Å². The summed E-state index contributed by atoms with van der Waals surface area (Å²) in [5.74, 6) is 0.339. The Balaban J connectivity index is 2.29. The molecule has 2 rings (SSSR count). The molecule has 0 fully saturated rings. The molecule has 12 nitrogen and oxygen atoms in total. The van der Waals surface area contributed by atoms with Gasteiger partial charge in [-0.1, -0.05) is 12.2 Å². The van der Waals surface area contributed by atoms with Crippen molar-refractivity contribution < 1.29 is 33.7 Å². The number of hydrogen-bond donors (Lipinski definition) is 2. The smallest absolute Gasteiger partial charge is 0.437 e. The zero-order chi connectivity index (χ0) is 21.1. The minimum absolute atomic E-state index is 0.00218. The van der Waals surface area contributed by atoms with Gasteiger partial charge in [-0.3, -0.25) is 5.32 Å². The summed E-state index contributed by atoms with van der Waals surface area (Å²) < 4.78 is 19.9. The van der Waals surface area contributed by atoms with Crippen LogP contribution in [0.2, 0.25) is 0 Å². The van der Waals surface area contributed by atoms with Gasteiger partial charge in [0.2, 0.25) is 0 Å². The Labute approximate surface area is 167 Å². The first-order chi connectivity index (χ1) is 14.0. The van der Waals surface area contributed by atoms with Gasteiger partial charge < -0.3 is 29.1 Å². The molecule has 0 radical (unpaired) electrons. The predicted molar refractivity (Wildman–Crippen MR) is 101 cm³/mol. The maximum Gasteiger partial charge on any atom is 0.437 e. The highest BCUT2D eigenvalue weighted by Crippen LogP contribution is 2.16. The number of nitrogens with zero attached hydrogens (tertiary/aromatic N) is 4. The van der Waals surface area contributed by atoms with Gasteiger partial charge in [-0.15, -0.1) is 9.72 Å². The molecule has 0 bridgehead atoms. The van der Waals surface area contributed by atoms with Crippen LogP contribution in [-0.2, 0) is 18.9 Å². The summed E-state index contributed by atoms with van der Waals surface area (Å²) in [6, 6.07) is 1.45. The minimum atomic E-state index is -0.957. The van der Waals surface area contributed by atoms with E-state index in [1.54, 1.807) is 0 Å². The molecular weight excluding hydrogens is 386 g/mol. The first-order valence-corrected chi connectivity index (χ1v) is 8.91. The fourth-order valence-corrected chi connectivity index (χ4v) is 2.33. The molecule has 0 aliphatic carbocycles. The van der Waals surface area contributed by atoms with Crippen molar-refractivity contribution in [2.45, 2.75) is 6.42 Å². The SMILES string of the molecule is COCCOC(=O)/N=c1\nc(N2CC=CCC2)cc(NC(=O)OCCOC)n1O. The molecule has 0 saturated heterocycles. The molecule has 1 aliphatic heterocycles. The van der Waals surface area contributed by atoms with Gasteiger partial charge >= 0.3 is 12.2 Å². The normalized spacial score (nSPS) is 14.0. The lowest BCUT2D eigenvalue weighted by molar-refractivity contribution is 0.103. The van der Waals surface area contributed by atoms with E-state index in [2.05, 4.69) is 15.3 Å². The maximum absolute atomic E-state index is 11.9.